The molecular weight excluding hydrogens is 312 g/mol. The summed E-state index contributed by atoms with van der Waals surface area (Å²) in [6.07, 6.45) is 9.45. The lowest BCUT2D eigenvalue weighted by atomic mass is 10.0. The van der Waals surface area contributed by atoms with Gasteiger partial charge in [-0.1, -0.05) is 0 Å². The van der Waals surface area contributed by atoms with Crippen LogP contribution in [0.4, 0.5) is 17.1 Å². The van der Waals surface area contributed by atoms with Crippen molar-refractivity contribution in [2.24, 2.45) is 0 Å². The molecule has 2 bridgehead atoms. The first-order valence-corrected chi connectivity index (χ1v) is 8.28. The predicted octanol–water partition coefficient (Wildman–Crippen LogP) is 3.37. The van der Waals surface area contributed by atoms with Crippen molar-refractivity contribution in [2.75, 3.05) is 6.67 Å². The van der Waals surface area contributed by atoms with Crippen LogP contribution >= 0.6 is 0 Å². The first-order chi connectivity index (χ1) is 11.4. The summed E-state index contributed by atoms with van der Waals surface area (Å²) < 4.78 is 1.38. The van der Waals surface area contributed by atoms with Gasteiger partial charge in [-0.15, -0.1) is 0 Å². The summed E-state index contributed by atoms with van der Waals surface area (Å²) in [7, 11) is 0. The minimum atomic E-state index is -0.557. The predicted molar refractivity (Wildman–Crippen MR) is 87.5 cm³/mol. The van der Waals surface area contributed by atoms with Crippen molar-refractivity contribution in [3.05, 3.63) is 50.8 Å². The second kappa shape index (κ2) is 4.84. The second-order valence-corrected chi connectivity index (χ2v) is 7.16. The molecule has 2 fully saturated rings. The Hall–Kier alpha value is -2.32. The van der Waals surface area contributed by atoms with Crippen molar-refractivity contribution in [1.29, 1.82) is 0 Å². The van der Waals surface area contributed by atoms with E-state index in [1.807, 2.05) is 0 Å². The van der Waals surface area contributed by atoms with Gasteiger partial charge in [0.1, 0.15) is 6.04 Å². The van der Waals surface area contributed by atoms with Crippen molar-refractivity contribution in [1.82, 2.24) is 4.48 Å². The van der Waals surface area contributed by atoms with Gasteiger partial charge in [-0.3, -0.25) is 20.2 Å². The minimum Gasteiger partial charge on any atom is -0.258 e. The summed E-state index contributed by atoms with van der Waals surface area (Å²) in [4.78, 5) is 21.2. The molecule has 1 aromatic carbocycles. The highest BCUT2D eigenvalue weighted by molar-refractivity contribution is 5.60. The smallest absolute Gasteiger partial charge is 0.258 e. The van der Waals surface area contributed by atoms with E-state index in [2.05, 4.69) is 19.3 Å². The maximum Gasteiger partial charge on any atom is 0.282 e. The maximum atomic E-state index is 11.2. The molecular formula is C16H20N4O4+2. The van der Waals surface area contributed by atoms with E-state index in [0.29, 0.717) is 16.2 Å². The van der Waals surface area contributed by atoms with Crippen LogP contribution in [0.5, 0.6) is 0 Å². The van der Waals surface area contributed by atoms with Gasteiger partial charge in [0.05, 0.1) is 28.0 Å². The summed E-state index contributed by atoms with van der Waals surface area (Å²) in [6.45, 7) is 2.96. The average Bonchev–Trinajstić information content (AvgIpc) is 3.27. The molecule has 0 radical (unpaired) electrons. The Balaban J connectivity index is 1.74. The Morgan fingerprint density at radius 2 is 1.58 bits per heavy atom. The topological polar surface area (TPSA) is 86.3 Å². The van der Waals surface area contributed by atoms with Gasteiger partial charge in [0, 0.05) is 19.8 Å². The van der Waals surface area contributed by atoms with Crippen LogP contribution in [0, 0.1) is 20.2 Å². The molecule has 0 spiro atoms. The van der Waals surface area contributed by atoms with Gasteiger partial charge in [0.15, 0.2) is 18.1 Å². The number of nitrogens with zero attached hydrogens (tertiary/aromatic N) is 4. The molecule has 24 heavy (non-hydrogen) atoms. The minimum absolute atomic E-state index is 0.217. The van der Waals surface area contributed by atoms with Crippen LogP contribution in [0.25, 0.3) is 0 Å². The molecule has 1 saturated carbocycles. The Morgan fingerprint density at radius 1 is 1.00 bits per heavy atom. The fraction of sp³-hybridized carbons (Fsp3) is 0.500. The van der Waals surface area contributed by atoms with Crippen molar-refractivity contribution in [3.63, 3.8) is 0 Å². The molecule has 4 aliphatic rings. The van der Waals surface area contributed by atoms with Crippen LogP contribution in [0.15, 0.2) is 30.6 Å². The fourth-order valence-corrected chi connectivity index (χ4v) is 4.86. The third kappa shape index (κ3) is 1.81. The Kier molecular flexibility index (Phi) is 3.07. The molecule has 3 heterocycles. The zero-order valence-corrected chi connectivity index (χ0v) is 13.5. The summed E-state index contributed by atoms with van der Waals surface area (Å²) in [5.41, 5.74) is 0.207. The molecule has 5 rings (SSSR count). The molecule has 0 amide bonds. The Labute approximate surface area is 139 Å². The van der Waals surface area contributed by atoms with Gasteiger partial charge < -0.3 is 0 Å². The number of nitro benzene ring substituents is 2. The molecule has 126 valence electrons. The number of hydrogen-bond acceptors (Lipinski definition) is 4. The quantitative estimate of drug-likeness (QED) is 0.480. The zero-order valence-electron chi connectivity index (χ0n) is 13.5. The Morgan fingerprint density at radius 3 is 2.08 bits per heavy atom. The van der Waals surface area contributed by atoms with Crippen LogP contribution in [0.1, 0.15) is 32.6 Å². The third-order valence-electron chi connectivity index (χ3n) is 6.25. The van der Waals surface area contributed by atoms with Crippen LogP contribution in [0.3, 0.4) is 0 Å². The van der Waals surface area contributed by atoms with E-state index < -0.39 is 9.85 Å². The average molecular weight is 332 g/mol. The number of nitro groups is 2. The third-order valence-corrected chi connectivity index (χ3v) is 6.25. The normalized spacial score (nSPS) is 34.3. The van der Waals surface area contributed by atoms with Crippen molar-refractivity contribution < 1.29 is 14.3 Å². The number of hydrogen-bond donors (Lipinski definition) is 0. The molecule has 1 aromatic rings. The lowest BCUT2D eigenvalue weighted by Crippen LogP contribution is -2.79. The Bertz CT molecular complexity index is 741. The van der Waals surface area contributed by atoms with Crippen molar-refractivity contribution in [2.45, 2.75) is 44.8 Å². The summed E-state index contributed by atoms with van der Waals surface area (Å²) >= 11 is 0. The van der Waals surface area contributed by atoms with Gasteiger partial charge in [-0.2, -0.15) is 8.97 Å². The standard InChI is InChI=1S/C16H20N4O4/c1-12-19(15-4-2-3-5-15)6-7-20(12,11-19)16-9-13(17(21)22)8-14(10-16)18(23)24/h6-10,12,15H,2-5,11H2,1H3/q+2. The first-order valence-electron chi connectivity index (χ1n) is 8.28. The van der Waals surface area contributed by atoms with E-state index in [4.69, 9.17) is 0 Å². The van der Waals surface area contributed by atoms with Crippen LogP contribution in [-0.2, 0) is 0 Å². The molecule has 3 atom stereocenters. The second-order valence-electron chi connectivity index (χ2n) is 7.16. The SMILES string of the molecule is CC1[N+]2(c3cc([N+](=O)[O-])cc([N+](=O)[O-])c3)C=C[N+]1(C1CCCC1)C2. The molecule has 8 nitrogen and oxygen atoms in total. The molecule has 0 aromatic heterocycles. The highest BCUT2D eigenvalue weighted by atomic mass is 16.6. The molecule has 1 aliphatic carbocycles. The van der Waals surface area contributed by atoms with Gasteiger partial charge in [0.25, 0.3) is 11.4 Å². The fourth-order valence-electron chi connectivity index (χ4n) is 4.86. The molecule has 8 heteroatoms. The molecule has 3 unspecified atom stereocenters. The molecule has 0 N–H and O–H groups in total. The van der Waals surface area contributed by atoms with Crippen molar-refractivity contribution in [3.8, 4) is 0 Å². The van der Waals surface area contributed by atoms with Gasteiger partial charge in [-0.25, -0.2) is 0 Å². The molecule has 1 saturated heterocycles. The highest BCUT2D eigenvalue weighted by Gasteiger charge is 2.71. The van der Waals surface area contributed by atoms with Crippen molar-refractivity contribution >= 4 is 17.1 Å². The maximum absolute atomic E-state index is 11.2. The largest absolute Gasteiger partial charge is 0.282 e. The monoisotopic (exact) mass is 332 g/mol. The van der Waals surface area contributed by atoms with Crippen LogP contribution in [-0.4, -0.2) is 33.2 Å². The molecule has 3 aliphatic heterocycles. The lowest BCUT2D eigenvalue weighted by Gasteiger charge is -2.55. The number of non-ortho nitro benzene ring substituents is 2. The lowest BCUT2D eigenvalue weighted by molar-refractivity contribution is -0.979. The highest BCUT2D eigenvalue weighted by Crippen LogP contribution is 2.53. The van der Waals surface area contributed by atoms with Gasteiger partial charge in [0.2, 0.25) is 12.8 Å². The van der Waals surface area contributed by atoms with E-state index in [9.17, 15) is 20.2 Å². The first kappa shape index (κ1) is 15.2. The van der Waals surface area contributed by atoms with E-state index in [0.717, 1.165) is 17.2 Å². The van der Waals surface area contributed by atoms with E-state index in [1.54, 1.807) is 0 Å². The van der Waals surface area contributed by atoms with Gasteiger partial charge in [-0.05, 0) is 12.8 Å². The van der Waals surface area contributed by atoms with E-state index >= 15 is 0 Å². The van der Waals surface area contributed by atoms with Gasteiger partial charge >= 0.3 is 0 Å². The van der Waals surface area contributed by atoms with E-state index in [-0.39, 0.29) is 17.5 Å². The van der Waals surface area contributed by atoms with E-state index in [1.165, 1.54) is 37.8 Å². The van der Waals surface area contributed by atoms with Crippen LogP contribution < -0.4 is 4.48 Å². The summed E-state index contributed by atoms with van der Waals surface area (Å²) in [5, 5.41) is 22.3. The number of benzene rings is 1. The van der Waals surface area contributed by atoms with Crippen LogP contribution in [0.2, 0.25) is 0 Å². The summed E-state index contributed by atoms with van der Waals surface area (Å²) in [6, 6.07) is 4.62. The zero-order chi connectivity index (χ0) is 17.1. The summed E-state index contributed by atoms with van der Waals surface area (Å²) in [5.74, 6) is 0. The number of quaternary nitrogens is 2. The number of rotatable bonds is 4.